The van der Waals surface area contributed by atoms with Crippen LogP contribution < -0.4 is 5.32 Å². The lowest BCUT2D eigenvalue weighted by Crippen LogP contribution is -2.36. The molecule has 0 heterocycles. The first-order chi connectivity index (χ1) is 10.0. The van der Waals surface area contributed by atoms with E-state index < -0.39 is 9.84 Å². The Morgan fingerprint density at radius 3 is 2.90 bits per heavy atom. The van der Waals surface area contributed by atoms with Crippen LogP contribution in [0.5, 0.6) is 0 Å². The zero-order valence-electron chi connectivity index (χ0n) is 12.4. The standard InChI is InChI=1S/C16H22N2O2S/c1-13-4-2-6-15(10-13)18-8-9-21(19,20)16-7-3-5-14(11-16)12-17/h3,5,7,11,13,15,18H,2,4,6,8-10H2,1H3. The SMILES string of the molecule is CC1CCCC(NCCS(=O)(=O)c2cccc(C#N)c2)C1. The van der Waals surface area contributed by atoms with Crippen LogP contribution in [0.15, 0.2) is 29.2 Å². The fourth-order valence-electron chi connectivity index (χ4n) is 2.89. The first-order valence-electron chi connectivity index (χ1n) is 7.47. The molecule has 0 aromatic heterocycles. The molecule has 2 atom stereocenters. The quantitative estimate of drug-likeness (QED) is 0.907. The van der Waals surface area contributed by atoms with Crippen LogP contribution in [-0.2, 0) is 9.84 Å². The van der Waals surface area contributed by atoms with Crippen molar-refractivity contribution in [2.45, 2.75) is 43.5 Å². The fourth-order valence-corrected chi connectivity index (χ4v) is 4.11. The Kier molecular flexibility index (Phi) is 5.38. The third-order valence-electron chi connectivity index (χ3n) is 4.06. The minimum absolute atomic E-state index is 0.0762. The predicted molar refractivity (Wildman–Crippen MR) is 82.6 cm³/mol. The van der Waals surface area contributed by atoms with Crippen molar-refractivity contribution in [1.82, 2.24) is 5.32 Å². The van der Waals surface area contributed by atoms with Gasteiger partial charge in [-0.15, -0.1) is 0 Å². The molecule has 21 heavy (non-hydrogen) atoms. The van der Waals surface area contributed by atoms with Gasteiger partial charge in [0.05, 0.1) is 22.3 Å². The molecule has 0 bridgehead atoms. The molecule has 2 unspecified atom stereocenters. The van der Waals surface area contributed by atoms with Gasteiger partial charge in [0.2, 0.25) is 0 Å². The summed E-state index contributed by atoms with van der Waals surface area (Å²) in [7, 11) is -3.32. The molecule has 1 aromatic rings. The lowest BCUT2D eigenvalue weighted by molar-refractivity contribution is 0.305. The topological polar surface area (TPSA) is 70.0 Å². The number of nitriles is 1. The van der Waals surface area contributed by atoms with Crippen molar-refractivity contribution < 1.29 is 8.42 Å². The molecule has 0 radical (unpaired) electrons. The molecule has 1 fully saturated rings. The van der Waals surface area contributed by atoms with E-state index >= 15 is 0 Å². The van der Waals surface area contributed by atoms with E-state index in [2.05, 4.69) is 12.2 Å². The van der Waals surface area contributed by atoms with Crippen molar-refractivity contribution in [3.05, 3.63) is 29.8 Å². The molecule has 1 N–H and O–H groups in total. The molecule has 1 saturated carbocycles. The van der Waals surface area contributed by atoms with Crippen molar-refractivity contribution in [1.29, 1.82) is 5.26 Å². The number of rotatable bonds is 5. The van der Waals surface area contributed by atoms with Crippen LogP contribution in [0.4, 0.5) is 0 Å². The highest BCUT2D eigenvalue weighted by Crippen LogP contribution is 2.23. The summed E-state index contributed by atoms with van der Waals surface area (Å²) in [4.78, 5) is 0.236. The molecule has 4 nitrogen and oxygen atoms in total. The number of hydrogen-bond donors (Lipinski definition) is 1. The molecular formula is C16H22N2O2S. The summed E-state index contributed by atoms with van der Waals surface area (Å²) in [6.07, 6.45) is 4.76. The molecule has 0 amide bonds. The molecule has 2 rings (SSSR count). The second-order valence-corrected chi connectivity index (χ2v) is 7.99. The number of sulfone groups is 1. The molecule has 1 aliphatic carbocycles. The molecule has 1 aromatic carbocycles. The molecule has 1 aliphatic rings. The zero-order chi connectivity index (χ0) is 15.3. The van der Waals surface area contributed by atoms with Gasteiger partial charge in [0.25, 0.3) is 0 Å². The van der Waals surface area contributed by atoms with E-state index in [1.807, 2.05) is 6.07 Å². The molecule has 0 aliphatic heterocycles. The van der Waals surface area contributed by atoms with Crippen LogP contribution >= 0.6 is 0 Å². The van der Waals surface area contributed by atoms with Gasteiger partial charge in [0, 0.05) is 12.6 Å². The summed E-state index contributed by atoms with van der Waals surface area (Å²) < 4.78 is 24.5. The summed E-state index contributed by atoms with van der Waals surface area (Å²) in [6, 6.07) is 8.63. The largest absolute Gasteiger partial charge is 0.313 e. The lowest BCUT2D eigenvalue weighted by atomic mass is 9.87. The van der Waals surface area contributed by atoms with Crippen molar-refractivity contribution in [3.8, 4) is 6.07 Å². The van der Waals surface area contributed by atoms with Crippen molar-refractivity contribution in [3.63, 3.8) is 0 Å². The van der Waals surface area contributed by atoms with Crippen LogP contribution in [0.25, 0.3) is 0 Å². The maximum absolute atomic E-state index is 12.3. The minimum atomic E-state index is -3.32. The van der Waals surface area contributed by atoms with Gasteiger partial charge in [-0.2, -0.15) is 5.26 Å². The van der Waals surface area contributed by atoms with Crippen LogP contribution in [-0.4, -0.2) is 26.8 Å². The number of hydrogen-bond acceptors (Lipinski definition) is 4. The summed E-state index contributed by atoms with van der Waals surface area (Å²) in [6.45, 7) is 2.72. The van der Waals surface area contributed by atoms with Gasteiger partial charge in [-0.25, -0.2) is 8.42 Å². The first kappa shape index (κ1) is 16.0. The van der Waals surface area contributed by atoms with Gasteiger partial charge in [-0.05, 0) is 37.0 Å². The summed E-state index contributed by atoms with van der Waals surface area (Å²) >= 11 is 0. The van der Waals surface area contributed by atoms with E-state index in [1.54, 1.807) is 18.2 Å². The minimum Gasteiger partial charge on any atom is -0.313 e. The van der Waals surface area contributed by atoms with Gasteiger partial charge >= 0.3 is 0 Å². The Bertz CT molecular complexity index is 619. The van der Waals surface area contributed by atoms with E-state index in [0.717, 1.165) is 18.8 Å². The van der Waals surface area contributed by atoms with Crippen LogP contribution in [0.1, 0.15) is 38.2 Å². The summed E-state index contributed by atoms with van der Waals surface area (Å²) in [5.41, 5.74) is 0.380. The van der Waals surface area contributed by atoms with E-state index in [1.165, 1.54) is 18.9 Å². The third kappa shape index (κ3) is 4.55. The predicted octanol–water partition coefficient (Wildman–Crippen LogP) is 2.50. The average molecular weight is 306 g/mol. The monoisotopic (exact) mass is 306 g/mol. The molecule has 114 valence electrons. The van der Waals surface area contributed by atoms with Gasteiger partial charge < -0.3 is 5.32 Å². The third-order valence-corrected chi connectivity index (χ3v) is 5.78. The zero-order valence-corrected chi connectivity index (χ0v) is 13.2. The van der Waals surface area contributed by atoms with Gasteiger partial charge in [-0.3, -0.25) is 0 Å². The van der Waals surface area contributed by atoms with E-state index in [4.69, 9.17) is 5.26 Å². The van der Waals surface area contributed by atoms with E-state index in [9.17, 15) is 8.42 Å². The summed E-state index contributed by atoms with van der Waals surface area (Å²) in [5, 5.41) is 12.2. The molecular weight excluding hydrogens is 284 g/mol. The second kappa shape index (κ2) is 7.06. The Balaban J connectivity index is 1.90. The van der Waals surface area contributed by atoms with Crippen molar-refractivity contribution in [2.24, 2.45) is 5.92 Å². The number of nitrogens with one attached hydrogen (secondary N) is 1. The Morgan fingerprint density at radius 2 is 2.19 bits per heavy atom. The molecule has 5 heteroatoms. The smallest absolute Gasteiger partial charge is 0.179 e. The highest BCUT2D eigenvalue weighted by molar-refractivity contribution is 7.91. The maximum atomic E-state index is 12.3. The Morgan fingerprint density at radius 1 is 1.38 bits per heavy atom. The first-order valence-corrected chi connectivity index (χ1v) is 9.13. The highest BCUT2D eigenvalue weighted by Gasteiger charge is 2.20. The highest BCUT2D eigenvalue weighted by atomic mass is 32.2. The van der Waals surface area contributed by atoms with Crippen molar-refractivity contribution in [2.75, 3.05) is 12.3 Å². The Hall–Kier alpha value is -1.38. The number of nitrogens with zero attached hydrogens (tertiary/aromatic N) is 1. The summed E-state index contributed by atoms with van der Waals surface area (Å²) in [5.74, 6) is 0.799. The van der Waals surface area contributed by atoms with E-state index in [-0.39, 0.29) is 10.6 Å². The van der Waals surface area contributed by atoms with Crippen LogP contribution in [0, 0.1) is 17.2 Å². The Labute approximate surface area is 127 Å². The van der Waals surface area contributed by atoms with Gasteiger partial charge in [0.15, 0.2) is 9.84 Å². The van der Waals surface area contributed by atoms with Gasteiger partial charge in [0.1, 0.15) is 0 Å². The molecule has 0 saturated heterocycles. The lowest BCUT2D eigenvalue weighted by Gasteiger charge is -2.27. The van der Waals surface area contributed by atoms with Crippen LogP contribution in [0.3, 0.4) is 0 Å². The average Bonchev–Trinajstić information content (AvgIpc) is 2.47. The van der Waals surface area contributed by atoms with Crippen molar-refractivity contribution >= 4 is 9.84 Å². The normalized spacial score (nSPS) is 22.7. The number of benzene rings is 1. The second-order valence-electron chi connectivity index (χ2n) is 5.88. The van der Waals surface area contributed by atoms with Crippen LogP contribution in [0.2, 0.25) is 0 Å². The molecule has 0 spiro atoms. The van der Waals surface area contributed by atoms with Gasteiger partial charge in [-0.1, -0.05) is 25.8 Å². The van der Waals surface area contributed by atoms with E-state index in [0.29, 0.717) is 18.2 Å². The fraction of sp³-hybridized carbons (Fsp3) is 0.562. The maximum Gasteiger partial charge on any atom is 0.179 e.